The Hall–Kier alpha value is -3.06. The standard InChI is InChI=1S/C24H27N5OS/c1-14(2)28(18-8-7-9-25-12-18)24(30)20-11-22(19-10-16(5)31-17(19)6)27-23-21(20)13-26-29(23)15(3)4/h7-15H,1-6H3. The van der Waals surface area contributed by atoms with Crippen LogP contribution in [0.1, 0.15) is 53.8 Å². The number of aryl methyl sites for hydroxylation is 2. The smallest absolute Gasteiger partial charge is 0.259 e. The van der Waals surface area contributed by atoms with E-state index in [-0.39, 0.29) is 18.0 Å². The van der Waals surface area contributed by atoms with E-state index >= 15 is 0 Å². The third-order valence-corrected chi connectivity index (χ3v) is 6.23. The summed E-state index contributed by atoms with van der Waals surface area (Å²) in [5, 5.41) is 5.32. The number of carbonyl (C=O) groups excluding carboxylic acids is 1. The van der Waals surface area contributed by atoms with Crippen LogP contribution in [0, 0.1) is 13.8 Å². The van der Waals surface area contributed by atoms with Gasteiger partial charge in [-0.1, -0.05) is 0 Å². The van der Waals surface area contributed by atoms with Crippen LogP contribution in [-0.2, 0) is 0 Å². The van der Waals surface area contributed by atoms with Crippen LogP contribution in [0.4, 0.5) is 5.69 Å². The molecule has 0 aliphatic rings. The van der Waals surface area contributed by atoms with E-state index in [0.29, 0.717) is 5.56 Å². The molecule has 0 unspecified atom stereocenters. The summed E-state index contributed by atoms with van der Waals surface area (Å²) >= 11 is 1.74. The molecule has 7 heteroatoms. The average Bonchev–Trinajstić information content (AvgIpc) is 3.30. The maximum atomic E-state index is 13.9. The summed E-state index contributed by atoms with van der Waals surface area (Å²) in [5.74, 6) is -0.0791. The predicted molar refractivity (Wildman–Crippen MR) is 127 cm³/mol. The van der Waals surface area contributed by atoms with Gasteiger partial charge in [0.15, 0.2) is 5.65 Å². The fourth-order valence-corrected chi connectivity index (χ4v) is 4.81. The molecule has 4 rings (SSSR count). The van der Waals surface area contributed by atoms with E-state index in [1.54, 1.807) is 34.8 Å². The van der Waals surface area contributed by atoms with Crippen molar-refractivity contribution in [1.82, 2.24) is 19.7 Å². The van der Waals surface area contributed by atoms with Gasteiger partial charge in [0.05, 0.1) is 34.7 Å². The van der Waals surface area contributed by atoms with Gasteiger partial charge in [0.2, 0.25) is 0 Å². The van der Waals surface area contributed by atoms with Gasteiger partial charge >= 0.3 is 0 Å². The molecule has 0 N–H and O–H groups in total. The van der Waals surface area contributed by atoms with Crippen molar-refractivity contribution in [3.05, 3.63) is 58.2 Å². The van der Waals surface area contributed by atoms with Gasteiger partial charge in [0.25, 0.3) is 5.91 Å². The minimum Gasteiger partial charge on any atom is -0.304 e. The van der Waals surface area contributed by atoms with E-state index in [4.69, 9.17) is 4.98 Å². The molecular formula is C24H27N5OS. The highest BCUT2D eigenvalue weighted by Gasteiger charge is 2.26. The number of amides is 1. The monoisotopic (exact) mass is 433 g/mol. The Morgan fingerprint density at radius 1 is 1.13 bits per heavy atom. The van der Waals surface area contributed by atoms with Crippen molar-refractivity contribution >= 4 is 34.0 Å². The third-order valence-electron chi connectivity index (χ3n) is 5.26. The van der Waals surface area contributed by atoms with Crippen LogP contribution in [-0.4, -0.2) is 31.7 Å². The second-order valence-electron chi connectivity index (χ2n) is 8.28. The molecule has 0 spiro atoms. The highest BCUT2D eigenvalue weighted by molar-refractivity contribution is 7.12. The Balaban J connectivity index is 1.96. The zero-order chi connectivity index (χ0) is 22.3. The SMILES string of the molecule is Cc1cc(-c2cc(C(=O)N(c3cccnc3)C(C)C)c3cnn(C(C)C)c3n2)c(C)s1. The number of thiophene rings is 1. The number of anilines is 1. The molecular weight excluding hydrogens is 406 g/mol. The van der Waals surface area contributed by atoms with Crippen molar-refractivity contribution in [2.45, 2.75) is 53.6 Å². The van der Waals surface area contributed by atoms with Gasteiger partial charge in [-0.2, -0.15) is 5.10 Å². The van der Waals surface area contributed by atoms with Crippen LogP contribution in [0.25, 0.3) is 22.3 Å². The van der Waals surface area contributed by atoms with E-state index in [9.17, 15) is 4.79 Å². The summed E-state index contributed by atoms with van der Waals surface area (Å²) in [6.45, 7) is 12.3. The van der Waals surface area contributed by atoms with Gasteiger partial charge in [-0.05, 0) is 65.8 Å². The van der Waals surface area contributed by atoms with Crippen LogP contribution >= 0.6 is 11.3 Å². The second-order valence-corrected chi connectivity index (χ2v) is 9.74. The number of hydrogen-bond donors (Lipinski definition) is 0. The lowest BCUT2D eigenvalue weighted by Gasteiger charge is -2.27. The summed E-state index contributed by atoms with van der Waals surface area (Å²) in [6, 6.07) is 7.91. The van der Waals surface area contributed by atoms with E-state index in [2.05, 4.69) is 43.8 Å². The topological polar surface area (TPSA) is 63.9 Å². The lowest BCUT2D eigenvalue weighted by atomic mass is 10.1. The summed E-state index contributed by atoms with van der Waals surface area (Å²) in [5.41, 5.74) is 3.97. The predicted octanol–water partition coefficient (Wildman–Crippen LogP) is 5.81. The first-order chi connectivity index (χ1) is 14.8. The summed E-state index contributed by atoms with van der Waals surface area (Å²) in [7, 11) is 0. The first-order valence-corrected chi connectivity index (χ1v) is 11.3. The second kappa shape index (κ2) is 8.23. The molecule has 0 radical (unpaired) electrons. The number of carbonyl (C=O) groups is 1. The van der Waals surface area contributed by atoms with Gasteiger partial charge in [-0.25, -0.2) is 9.67 Å². The zero-order valence-electron chi connectivity index (χ0n) is 18.7. The normalized spacial score (nSPS) is 11.6. The number of rotatable bonds is 5. The lowest BCUT2D eigenvalue weighted by Crippen LogP contribution is -2.37. The minimum atomic E-state index is -0.0791. The summed E-state index contributed by atoms with van der Waals surface area (Å²) < 4.78 is 1.88. The Morgan fingerprint density at radius 3 is 2.48 bits per heavy atom. The van der Waals surface area contributed by atoms with Crippen LogP contribution < -0.4 is 4.90 Å². The van der Waals surface area contributed by atoms with Gasteiger partial charge in [0.1, 0.15) is 0 Å². The number of fused-ring (bicyclic) bond motifs is 1. The molecule has 0 aliphatic carbocycles. The summed E-state index contributed by atoms with van der Waals surface area (Å²) in [4.78, 5) is 27.2. The fraction of sp³-hybridized carbons (Fsp3) is 0.333. The van der Waals surface area contributed by atoms with Crippen molar-refractivity contribution < 1.29 is 4.79 Å². The highest BCUT2D eigenvalue weighted by Crippen LogP contribution is 2.33. The molecule has 0 aliphatic heterocycles. The van der Waals surface area contributed by atoms with Crippen molar-refractivity contribution in [2.24, 2.45) is 0 Å². The largest absolute Gasteiger partial charge is 0.304 e. The third kappa shape index (κ3) is 3.85. The van der Waals surface area contributed by atoms with Gasteiger partial charge in [-0.15, -0.1) is 11.3 Å². The molecule has 4 aromatic rings. The van der Waals surface area contributed by atoms with Gasteiger partial charge < -0.3 is 4.90 Å². The Morgan fingerprint density at radius 2 is 1.90 bits per heavy atom. The van der Waals surface area contributed by atoms with E-state index in [1.165, 1.54) is 9.75 Å². The zero-order valence-corrected chi connectivity index (χ0v) is 19.6. The molecule has 31 heavy (non-hydrogen) atoms. The van der Waals surface area contributed by atoms with Crippen LogP contribution in [0.3, 0.4) is 0 Å². The Bertz CT molecular complexity index is 1240. The lowest BCUT2D eigenvalue weighted by molar-refractivity contribution is 0.0981. The maximum absolute atomic E-state index is 13.9. The molecule has 0 bridgehead atoms. The van der Waals surface area contributed by atoms with Crippen molar-refractivity contribution in [1.29, 1.82) is 0 Å². The van der Waals surface area contributed by atoms with Crippen LogP contribution in [0.2, 0.25) is 0 Å². The molecule has 1 amide bonds. The number of pyridine rings is 2. The first-order valence-electron chi connectivity index (χ1n) is 10.5. The van der Waals surface area contributed by atoms with E-state index in [1.807, 2.05) is 36.7 Å². The molecule has 0 saturated heterocycles. The molecule has 0 atom stereocenters. The van der Waals surface area contributed by atoms with Crippen molar-refractivity contribution in [3.8, 4) is 11.3 Å². The Kier molecular flexibility index (Phi) is 5.62. The maximum Gasteiger partial charge on any atom is 0.259 e. The summed E-state index contributed by atoms with van der Waals surface area (Å²) in [6.07, 6.45) is 5.19. The molecule has 4 aromatic heterocycles. The molecule has 160 valence electrons. The number of hydrogen-bond acceptors (Lipinski definition) is 5. The minimum absolute atomic E-state index is 0.0337. The van der Waals surface area contributed by atoms with E-state index in [0.717, 1.165) is 28.0 Å². The average molecular weight is 434 g/mol. The van der Waals surface area contributed by atoms with E-state index < -0.39 is 0 Å². The van der Waals surface area contributed by atoms with Crippen molar-refractivity contribution in [2.75, 3.05) is 4.90 Å². The molecule has 0 fully saturated rings. The van der Waals surface area contributed by atoms with Gasteiger partial charge in [-0.3, -0.25) is 9.78 Å². The quantitative estimate of drug-likeness (QED) is 0.398. The van der Waals surface area contributed by atoms with Crippen molar-refractivity contribution in [3.63, 3.8) is 0 Å². The van der Waals surface area contributed by atoms with Crippen LogP contribution in [0.15, 0.2) is 42.9 Å². The highest BCUT2D eigenvalue weighted by atomic mass is 32.1. The number of nitrogens with zero attached hydrogens (tertiary/aromatic N) is 5. The van der Waals surface area contributed by atoms with Gasteiger partial charge in [0, 0.05) is 33.6 Å². The molecule has 0 aromatic carbocycles. The Labute approximate surface area is 186 Å². The number of aromatic nitrogens is 4. The van der Waals surface area contributed by atoms with Crippen LogP contribution in [0.5, 0.6) is 0 Å². The molecule has 6 nitrogen and oxygen atoms in total. The molecule has 4 heterocycles. The fourth-order valence-electron chi connectivity index (χ4n) is 3.87. The first kappa shape index (κ1) is 21.2. The molecule has 0 saturated carbocycles.